The Hall–Kier alpha value is -2.32. The van der Waals surface area contributed by atoms with E-state index in [0.29, 0.717) is 36.2 Å². The van der Waals surface area contributed by atoms with E-state index in [2.05, 4.69) is 54.2 Å². The number of carbonyl (C=O) groups excluding carboxylic acids is 1. The fourth-order valence-electron chi connectivity index (χ4n) is 7.85. The molecule has 0 bridgehead atoms. The smallest absolute Gasteiger partial charge is 0.154 e. The van der Waals surface area contributed by atoms with Gasteiger partial charge in [0.05, 0.1) is 11.1 Å². The van der Waals surface area contributed by atoms with Crippen molar-refractivity contribution < 1.29 is 9.32 Å². The first kappa shape index (κ1) is 25.9. The van der Waals surface area contributed by atoms with Crippen LogP contribution < -0.4 is 10.2 Å². The van der Waals surface area contributed by atoms with Gasteiger partial charge in [-0.25, -0.2) is 9.97 Å². The number of hydrogen-bond donors (Lipinski definition) is 1. The standard InChI is InChI=1S/C30H44N6O2/c1-19(24-10-8-14-35(24)4)15-26-32-23(16-27(33-26)36-17-20(2)31-21(3)18-36)28-22-9-7-13-30(29(22)38-34-28)12-6-5-11-25(30)37/h16,19-21,24,31H,5-15,17-18H2,1-4H3/t19-,20+,21+,24+,30-/m1/s1. The van der Waals surface area contributed by atoms with Crippen molar-refractivity contribution in [3.05, 3.63) is 23.2 Å². The minimum Gasteiger partial charge on any atom is -0.359 e. The highest BCUT2D eigenvalue weighted by atomic mass is 16.5. The third-order valence-corrected chi connectivity index (χ3v) is 9.67. The van der Waals surface area contributed by atoms with Crippen molar-refractivity contribution in [1.82, 2.24) is 25.3 Å². The van der Waals surface area contributed by atoms with Gasteiger partial charge in [0, 0.05) is 55.7 Å². The summed E-state index contributed by atoms with van der Waals surface area (Å²) in [6.45, 7) is 9.80. The van der Waals surface area contributed by atoms with Gasteiger partial charge >= 0.3 is 0 Å². The number of anilines is 1. The summed E-state index contributed by atoms with van der Waals surface area (Å²) in [7, 11) is 2.24. The lowest BCUT2D eigenvalue weighted by molar-refractivity contribution is -0.128. The number of ketones is 1. The van der Waals surface area contributed by atoms with Crippen LogP contribution in [-0.2, 0) is 23.1 Å². The zero-order chi connectivity index (χ0) is 26.4. The van der Waals surface area contributed by atoms with E-state index in [1.807, 2.05) is 0 Å². The second-order valence-corrected chi connectivity index (χ2v) is 12.7. The number of rotatable bonds is 5. The molecule has 8 heteroatoms. The van der Waals surface area contributed by atoms with Crippen molar-refractivity contribution in [3.8, 4) is 11.4 Å². The Morgan fingerprint density at radius 3 is 2.63 bits per heavy atom. The van der Waals surface area contributed by atoms with Crippen molar-refractivity contribution in [2.75, 3.05) is 31.6 Å². The van der Waals surface area contributed by atoms with Gasteiger partial charge in [-0.3, -0.25) is 4.79 Å². The maximum atomic E-state index is 13.2. The van der Waals surface area contributed by atoms with Gasteiger partial charge in [-0.05, 0) is 78.3 Å². The first-order valence-corrected chi connectivity index (χ1v) is 15.0. The molecule has 2 saturated heterocycles. The van der Waals surface area contributed by atoms with Crippen LogP contribution in [0.5, 0.6) is 0 Å². The Labute approximate surface area is 226 Å². The Morgan fingerprint density at radius 1 is 1.11 bits per heavy atom. The Morgan fingerprint density at radius 2 is 1.89 bits per heavy atom. The fourth-order valence-corrected chi connectivity index (χ4v) is 7.85. The molecular formula is C30H44N6O2. The van der Waals surface area contributed by atoms with E-state index in [1.54, 1.807) is 0 Å². The number of Topliss-reactive ketones (excluding diaryl/α,β-unsaturated/α-hetero) is 1. The molecule has 6 rings (SSSR count). The lowest BCUT2D eigenvalue weighted by Crippen LogP contribution is -2.54. The summed E-state index contributed by atoms with van der Waals surface area (Å²) < 4.78 is 6.08. The van der Waals surface area contributed by atoms with Crippen molar-refractivity contribution in [2.24, 2.45) is 5.92 Å². The second kappa shape index (κ2) is 10.3. The molecule has 206 valence electrons. The Kier molecular flexibility index (Phi) is 7.06. The molecule has 0 amide bonds. The van der Waals surface area contributed by atoms with E-state index in [-0.39, 0.29) is 0 Å². The number of nitrogens with one attached hydrogen (secondary N) is 1. The van der Waals surface area contributed by atoms with E-state index in [0.717, 1.165) is 92.4 Å². The van der Waals surface area contributed by atoms with E-state index in [4.69, 9.17) is 14.5 Å². The highest BCUT2D eigenvalue weighted by Gasteiger charge is 2.48. The van der Waals surface area contributed by atoms with Gasteiger partial charge in [-0.2, -0.15) is 0 Å². The topological polar surface area (TPSA) is 87.4 Å². The average molecular weight is 521 g/mol. The summed E-state index contributed by atoms with van der Waals surface area (Å²) in [4.78, 5) is 28.3. The highest BCUT2D eigenvalue weighted by molar-refractivity contribution is 5.91. The molecule has 0 radical (unpaired) electrons. The van der Waals surface area contributed by atoms with Crippen LogP contribution in [0.4, 0.5) is 5.82 Å². The van der Waals surface area contributed by atoms with Crippen molar-refractivity contribution in [2.45, 2.75) is 109 Å². The van der Waals surface area contributed by atoms with Gasteiger partial charge in [-0.15, -0.1) is 0 Å². The van der Waals surface area contributed by atoms with Crippen LogP contribution in [-0.4, -0.2) is 70.6 Å². The van der Waals surface area contributed by atoms with E-state index >= 15 is 0 Å². The van der Waals surface area contributed by atoms with Crippen LogP contribution in [0, 0.1) is 5.92 Å². The number of nitrogens with zero attached hydrogens (tertiary/aromatic N) is 5. The molecule has 5 atom stereocenters. The fraction of sp³-hybridized carbons (Fsp3) is 0.733. The number of piperazine rings is 1. The number of fused-ring (bicyclic) bond motifs is 2. The molecule has 2 aliphatic carbocycles. The summed E-state index contributed by atoms with van der Waals surface area (Å²) in [6, 6.07) is 3.47. The molecule has 1 N–H and O–H groups in total. The summed E-state index contributed by atoms with van der Waals surface area (Å²) in [5.41, 5.74) is 2.30. The lowest BCUT2D eigenvalue weighted by atomic mass is 9.64. The molecule has 2 aromatic rings. The number of likely N-dealkylation sites (tertiary alicyclic amines) is 1. The molecule has 2 aliphatic heterocycles. The van der Waals surface area contributed by atoms with E-state index < -0.39 is 5.41 Å². The van der Waals surface area contributed by atoms with Crippen LogP contribution in [0.3, 0.4) is 0 Å². The summed E-state index contributed by atoms with van der Waals surface area (Å²) in [6.07, 6.45) is 9.73. The third kappa shape index (κ3) is 4.68. The monoisotopic (exact) mass is 520 g/mol. The van der Waals surface area contributed by atoms with Gasteiger partial charge in [0.15, 0.2) is 5.76 Å². The summed E-state index contributed by atoms with van der Waals surface area (Å²) in [5.74, 6) is 3.51. The van der Waals surface area contributed by atoms with Crippen LogP contribution in [0.25, 0.3) is 11.4 Å². The average Bonchev–Trinajstić information content (AvgIpc) is 3.52. The number of hydrogen-bond acceptors (Lipinski definition) is 8. The molecule has 1 spiro atoms. The van der Waals surface area contributed by atoms with Gasteiger partial charge in [0.25, 0.3) is 0 Å². The molecule has 2 aromatic heterocycles. The van der Waals surface area contributed by atoms with Crippen LogP contribution >= 0.6 is 0 Å². The quantitative estimate of drug-likeness (QED) is 0.624. The lowest BCUT2D eigenvalue weighted by Gasteiger charge is -2.37. The summed E-state index contributed by atoms with van der Waals surface area (Å²) in [5, 5.41) is 8.26. The van der Waals surface area contributed by atoms with Crippen molar-refractivity contribution in [3.63, 3.8) is 0 Å². The molecule has 0 unspecified atom stereocenters. The molecule has 3 fully saturated rings. The Bertz CT molecular complexity index is 1170. The van der Waals surface area contributed by atoms with Crippen LogP contribution in [0.2, 0.25) is 0 Å². The SMILES string of the molecule is C[C@H](Cc1nc(-c2noc3c2CCC[C@@]32CCCCC2=O)cc(N2C[C@H](C)N[C@@H](C)C2)n1)[C@@H]1CCCN1C. The minimum absolute atomic E-state index is 0.342. The molecule has 38 heavy (non-hydrogen) atoms. The number of aromatic nitrogens is 3. The molecular weight excluding hydrogens is 476 g/mol. The molecule has 1 saturated carbocycles. The molecule has 4 heterocycles. The van der Waals surface area contributed by atoms with Crippen molar-refractivity contribution in [1.29, 1.82) is 0 Å². The third-order valence-electron chi connectivity index (χ3n) is 9.67. The number of carbonyl (C=O) groups is 1. The maximum Gasteiger partial charge on any atom is 0.154 e. The minimum atomic E-state index is -0.471. The van der Waals surface area contributed by atoms with E-state index in [1.165, 1.54) is 19.4 Å². The van der Waals surface area contributed by atoms with Gasteiger partial charge in [0.2, 0.25) is 0 Å². The predicted octanol–water partition coefficient (Wildman–Crippen LogP) is 4.31. The largest absolute Gasteiger partial charge is 0.359 e. The van der Waals surface area contributed by atoms with E-state index in [9.17, 15) is 4.79 Å². The predicted molar refractivity (Wildman–Crippen MR) is 148 cm³/mol. The van der Waals surface area contributed by atoms with Gasteiger partial charge < -0.3 is 19.6 Å². The molecule has 8 nitrogen and oxygen atoms in total. The molecule has 0 aromatic carbocycles. The van der Waals surface area contributed by atoms with Gasteiger partial charge in [0.1, 0.15) is 23.1 Å². The summed E-state index contributed by atoms with van der Waals surface area (Å²) >= 11 is 0. The zero-order valence-electron chi connectivity index (χ0n) is 23.6. The zero-order valence-corrected chi connectivity index (χ0v) is 23.6. The second-order valence-electron chi connectivity index (χ2n) is 12.7. The van der Waals surface area contributed by atoms with Crippen LogP contribution in [0.15, 0.2) is 10.6 Å². The first-order valence-electron chi connectivity index (χ1n) is 15.0. The highest BCUT2D eigenvalue weighted by Crippen LogP contribution is 2.47. The van der Waals surface area contributed by atoms with Crippen molar-refractivity contribution >= 4 is 11.6 Å². The first-order chi connectivity index (χ1) is 18.3. The normalized spacial score (nSPS) is 31.1. The van der Waals surface area contributed by atoms with Gasteiger partial charge in [-0.1, -0.05) is 18.5 Å². The Balaban J connectivity index is 1.39. The maximum absolute atomic E-state index is 13.2. The van der Waals surface area contributed by atoms with Crippen LogP contribution in [0.1, 0.15) is 89.3 Å². The molecule has 4 aliphatic rings.